The van der Waals surface area contributed by atoms with Crippen LogP contribution in [0.25, 0.3) is 0 Å². The van der Waals surface area contributed by atoms with Gasteiger partial charge in [0.25, 0.3) is 0 Å². The second kappa shape index (κ2) is 6.64. The van der Waals surface area contributed by atoms with E-state index in [4.69, 9.17) is 8.74 Å². The van der Waals surface area contributed by atoms with E-state index in [-0.39, 0.29) is 16.7 Å². The van der Waals surface area contributed by atoms with E-state index in [1.165, 1.54) is 11.1 Å². The quantitative estimate of drug-likeness (QED) is 0.537. The van der Waals surface area contributed by atoms with E-state index in [0.717, 1.165) is 38.5 Å². The summed E-state index contributed by atoms with van der Waals surface area (Å²) in [6.07, 6.45) is 7.24. The van der Waals surface area contributed by atoms with E-state index < -0.39 is 16.5 Å². The summed E-state index contributed by atoms with van der Waals surface area (Å²) in [6, 6.07) is 0. The summed E-state index contributed by atoms with van der Waals surface area (Å²) in [5.41, 5.74) is 2.97. The molecule has 0 bridgehead atoms. The minimum Gasteiger partial charge on any atom is -0.300 e. The van der Waals surface area contributed by atoms with Crippen LogP contribution in [0.3, 0.4) is 0 Å². The van der Waals surface area contributed by atoms with Crippen LogP contribution in [0.2, 0.25) is 0 Å². The molecule has 0 spiro atoms. The molecule has 0 saturated heterocycles. The minimum atomic E-state index is -4.41. The van der Waals surface area contributed by atoms with Crippen molar-refractivity contribution in [1.82, 2.24) is 0 Å². The van der Waals surface area contributed by atoms with Gasteiger partial charge in [-0.3, -0.25) is 9.35 Å². The maximum Gasteiger partial charge on any atom is 0.397 e. The molecule has 4 aliphatic carbocycles. The van der Waals surface area contributed by atoms with Gasteiger partial charge in [0, 0.05) is 5.92 Å². The molecule has 158 valence electrons. The molecule has 3 fully saturated rings. The SMILES string of the molecule is CC(=O)[C@H]1CC[C@H]2[C@@H]3CC(C)=C4CC(OS(=O)(=O)O)CC[C@]4(C)[C@H]3CC[C@]12C. The van der Waals surface area contributed by atoms with Crippen molar-refractivity contribution in [1.29, 1.82) is 0 Å². The molecule has 4 rings (SSSR count). The fraction of sp³-hybridized carbons (Fsp3) is 0.864. The molecule has 0 aromatic rings. The predicted molar refractivity (Wildman–Crippen MR) is 107 cm³/mol. The third-order valence-electron chi connectivity index (χ3n) is 9.17. The van der Waals surface area contributed by atoms with Gasteiger partial charge >= 0.3 is 10.4 Å². The summed E-state index contributed by atoms with van der Waals surface area (Å²) in [6.45, 7) is 8.70. The maximum atomic E-state index is 12.3. The molecule has 0 radical (unpaired) electrons. The number of rotatable bonds is 3. The summed E-state index contributed by atoms with van der Waals surface area (Å²) in [7, 11) is -4.41. The summed E-state index contributed by atoms with van der Waals surface area (Å²) in [4.78, 5) is 12.3. The predicted octanol–water partition coefficient (Wildman–Crippen LogP) is 4.73. The Balaban J connectivity index is 1.64. The zero-order valence-electron chi connectivity index (χ0n) is 17.5. The van der Waals surface area contributed by atoms with Gasteiger partial charge in [-0.15, -0.1) is 0 Å². The molecule has 0 aromatic carbocycles. The zero-order chi connectivity index (χ0) is 20.5. The molecule has 0 amide bonds. The maximum absolute atomic E-state index is 12.3. The van der Waals surface area contributed by atoms with Crippen LogP contribution >= 0.6 is 0 Å². The fourth-order valence-electron chi connectivity index (χ4n) is 8.01. The van der Waals surface area contributed by atoms with E-state index >= 15 is 0 Å². The first-order chi connectivity index (χ1) is 13.0. The zero-order valence-corrected chi connectivity index (χ0v) is 18.3. The largest absolute Gasteiger partial charge is 0.397 e. The fourth-order valence-corrected chi connectivity index (χ4v) is 8.52. The molecule has 5 nitrogen and oxygen atoms in total. The molecule has 0 heterocycles. The van der Waals surface area contributed by atoms with Crippen LogP contribution < -0.4 is 0 Å². The van der Waals surface area contributed by atoms with Crippen molar-refractivity contribution < 1.29 is 21.9 Å². The highest BCUT2D eigenvalue weighted by Gasteiger charge is 2.60. The molecular weight excluding hydrogens is 376 g/mol. The summed E-state index contributed by atoms with van der Waals surface area (Å²) < 4.78 is 36.4. The normalized spacial score (nSPS) is 46.0. The van der Waals surface area contributed by atoms with Gasteiger partial charge in [0.1, 0.15) is 5.78 Å². The van der Waals surface area contributed by atoms with Gasteiger partial charge in [-0.25, -0.2) is 4.18 Å². The Kier molecular flexibility index (Phi) is 4.88. The van der Waals surface area contributed by atoms with Gasteiger partial charge in [0.2, 0.25) is 0 Å². The van der Waals surface area contributed by atoms with Crippen molar-refractivity contribution in [2.75, 3.05) is 0 Å². The van der Waals surface area contributed by atoms with Crippen molar-refractivity contribution in [3.8, 4) is 0 Å². The summed E-state index contributed by atoms with van der Waals surface area (Å²) in [5.74, 6) is 2.41. The Morgan fingerprint density at radius 2 is 1.79 bits per heavy atom. The average molecular weight is 411 g/mol. The third kappa shape index (κ3) is 3.10. The van der Waals surface area contributed by atoms with Crippen LogP contribution in [0, 0.1) is 34.5 Å². The van der Waals surface area contributed by atoms with Crippen LogP contribution in [0.1, 0.15) is 79.1 Å². The Hall–Kier alpha value is -0.720. The third-order valence-corrected chi connectivity index (χ3v) is 9.68. The summed E-state index contributed by atoms with van der Waals surface area (Å²) in [5, 5.41) is 0. The van der Waals surface area contributed by atoms with Gasteiger partial charge in [0.15, 0.2) is 0 Å². The van der Waals surface area contributed by atoms with Crippen LogP contribution in [0.15, 0.2) is 11.1 Å². The van der Waals surface area contributed by atoms with Crippen LogP contribution in [-0.2, 0) is 19.4 Å². The van der Waals surface area contributed by atoms with Gasteiger partial charge in [-0.05, 0) is 93.8 Å². The average Bonchev–Trinajstić information content (AvgIpc) is 2.92. The lowest BCUT2D eigenvalue weighted by Gasteiger charge is -2.59. The smallest absolute Gasteiger partial charge is 0.300 e. The molecular formula is C22H34O5S. The highest BCUT2D eigenvalue weighted by molar-refractivity contribution is 7.80. The van der Waals surface area contributed by atoms with Crippen LogP contribution in [0.4, 0.5) is 0 Å². The highest BCUT2D eigenvalue weighted by atomic mass is 32.3. The Bertz CT molecular complexity index is 815. The van der Waals surface area contributed by atoms with Gasteiger partial charge in [0.05, 0.1) is 6.10 Å². The number of Topliss-reactive ketones (excluding diaryl/α,β-unsaturated/α-hetero) is 1. The molecule has 7 atom stereocenters. The van der Waals surface area contributed by atoms with E-state index in [2.05, 4.69) is 20.8 Å². The van der Waals surface area contributed by atoms with Gasteiger partial charge < -0.3 is 0 Å². The number of fused-ring (bicyclic) bond motifs is 5. The number of ketones is 1. The topological polar surface area (TPSA) is 80.7 Å². The number of carbonyl (C=O) groups excluding carboxylic acids is 1. The molecule has 1 unspecified atom stereocenters. The highest BCUT2D eigenvalue weighted by Crippen LogP contribution is 2.67. The Morgan fingerprint density at radius 1 is 1.07 bits per heavy atom. The number of hydrogen-bond donors (Lipinski definition) is 1. The Morgan fingerprint density at radius 3 is 2.43 bits per heavy atom. The van der Waals surface area contributed by atoms with Crippen molar-refractivity contribution in [2.24, 2.45) is 34.5 Å². The first-order valence-corrected chi connectivity index (χ1v) is 12.2. The lowest BCUT2D eigenvalue weighted by Crippen LogP contribution is -2.51. The lowest BCUT2D eigenvalue weighted by atomic mass is 9.46. The van der Waals surface area contributed by atoms with Crippen molar-refractivity contribution in [3.05, 3.63) is 11.1 Å². The number of allylic oxidation sites excluding steroid dienone is 1. The molecule has 0 aliphatic heterocycles. The Labute approximate surface area is 169 Å². The van der Waals surface area contributed by atoms with Crippen LogP contribution in [-0.4, -0.2) is 24.9 Å². The first-order valence-electron chi connectivity index (χ1n) is 10.8. The van der Waals surface area contributed by atoms with Crippen molar-refractivity contribution in [3.63, 3.8) is 0 Å². The second-order valence-corrected chi connectivity index (χ2v) is 11.5. The van der Waals surface area contributed by atoms with Crippen molar-refractivity contribution >= 4 is 16.2 Å². The second-order valence-electron chi connectivity index (χ2n) is 10.4. The van der Waals surface area contributed by atoms with E-state index in [1.54, 1.807) is 6.92 Å². The molecule has 28 heavy (non-hydrogen) atoms. The first kappa shape index (κ1) is 20.5. The lowest BCUT2D eigenvalue weighted by molar-refractivity contribution is -0.127. The van der Waals surface area contributed by atoms with E-state index in [9.17, 15) is 13.2 Å². The number of carbonyl (C=O) groups is 1. The molecule has 4 aliphatic rings. The van der Waals surface area contributed by atoms with Crippen LogP contribution in [0.5, 0.6) is 0 Å². The number of hydrogen-bond acceptors (Lipinski definition) is 4. The van der Waals surface area contributed by atoms with Crippen molar-refractivity contribution in [2.45, 2.75) is 85.2 Å². The molecule has 3 saturated carbocycles. The standard InChI is InChI=1S/C22H34O5S/c1-13-11-16-18-6-5-17(14(2)23)21(18,3)10-8-19(16)22(4)9-7-15(12-20(13)22)27-28(24,25)26/h15-19H,5-12H2,1-4H3,(H,24,25,26)/t15?,16-,17+,18-,19-,21+,22+/m0/s1. The van der Waals surface area contributed by atoms with Gasteiger partial charge in [-0.2, -0.15) is 8.42 Å². The van der Waals surface area contributed by atoms with E-state index in [1.807, 2.05) is 0 Å². The molecule has 1 N–H and O–H groups in total. The van der Waals surface area contributed by atoms with Gasteiger partial charge in [-0.1, -0.05) is 25.0 Å². The molecule has 6 heteroatoms. The molecule has 0 aromatic heterocycles. The monoisotopic (exact) mass is 410 g/mol. The van der Waals surface area contributed by atoms with E-state index in [0.29, 0.717) is 36.4 Å². The summed E-state index contributed by atoms with van der Waals surface area (Å²) >= 11 is 0. The minimum absolute atomic E-state index is 0.0850.